The monoisotopic (exact) mass is 476 g/mol. The van der Waals surface area contributed by atoms with E-state index in [1.165, 1.54) is 0 Å². The van der Waals surface area contributed by atoms with Crippen molar-refractivity contribution in [3.63, 3.8) is 0 Å². The van der Waals surface area contributed by atoms with E-state index in [-0.39, 0.29) is 0 Å². The van der Waals surface area contributed by atoms with E-state index in [9.17, 15) is 9.90 Å². The first-order valence-corrected chi connectivity index (χ1v) is 11.9. The highest BCUT2D eigenvalue weighted by molar-refractivity contribution is 6.31. The van der Waals surface area contributed by atoms with E-state index in [4.69, 9.17) is 21.6 Å². The third-order valence-corrected chi connectivity index (χ3v) is 6.46. The molecule has 4 rings (SSSR count). The van der Waals surface area contributed by atoms with Gasteiger partial charge in [0.05, 0.1) is 6.54 Å². The van der Waals surface area contributed by atoms with E-state index >= 15 is 0 Å². The molecule has 6 nitrogen and oxygen atoms in total. The molecule has 7 heteroatoms. The standard InChI is InChI=1S/C27H29ClN4O2/c1-5-23-30-24-17(3)15-18(4)29-26(24)32(23)16-19-11-13-20(14-12-19)31(6-2)25(27(33)34)21-9-7-8-10-22(21)28/h7-15,25H,5-6,16H2,1-4H3,(H,33,34). The lowest BCUT2D eigenvalue weighted by atomic mass is 10.0. The van der Waals surface area contributed by atoms with Crippen molar-refractivity contribution in [2.24, 2.45) is 0 Å². The van der Waals surface area contributed by atoms with E-state index in [2.05, 4.69) is 24.5 Å². The number of fused-ring (bicyclic) bond motifs is 1. The van der Waals surface area contributed by atoms with Gasteiger partial charge in [0, 0.05) is 34.9 Å². The second kappa shape index (κ2) is 9.85. The predicted molar refractivity (Wildman–Crippen MR) is 137 cm³/mol. The molecule has 176 valence electrons. The number of nitrogens with zero attached hydrogens (tertiary/aromatic N) is 4. The van der Waals surface area contributed by atoms with Crippen molar-refractivity contribution in [3.05, 3.63) is 87.8 Å². The summed E-state index contributed by atoms with van der Waals surface area (Å²) in [5, 5.41) is 10.5. The summed E-state index contributed by atoms with van der Waals surface area (Å²) in [6.45, 7) is 9.29. The summed E-state index contributed by atoms with van der Waals surface area (Å²) in [5.41, 5.74) is 6.45. The lowest BCUT2D eigenvalue weighted by molar-refractivity contribution is -0.138. The molecule has 0 spiro atoms. The minimum atomic E-state index is -0.937. The molecule has 0 fully saturated rings. The highest BCUT2D eigenvalue weighted by Crippen LogP contribution is 2.32. The fourth-order valence-corrected chi connectivity index (χ4v) is 4.74. The molecule has 1 unspecified atom stereocenters. The minimum Gasteiger partial charge on any atom is -0.479 e. The first kappa shape index (κ1) is 23.8. The number of pyridine rings is 1. The molecular formula is C27H29ClN4O2. The highest BCUT2D eigenvalue weighted by atomic mass is 35.5. The van der Waals surface area contributed by atoms with Crippen LogP contribution >= 0.6 is 11.6 Å². The van der Waals surface area contributed by atoms with E-state index < -0.39 is 12.0 Å². The van der Waals surface area contributed by atoms with E-state index in [0.717, 1.165) is 45.9 Å². The van der Waals surface area contributed by atoms with Crippen molar-refractivity contribution >= 4 is 34.4 Å². The Morgan fingerprint density at radius 1 is 1.09 bits per heavy atom. The molecule has 0 aliphatic carbocycles. The van der Waals surface area contributed by atoms with Gasteiger partial charge in [-0.1, -0.05) is 48.9 Å². The molecule has 2 heterocycles. The van der Waals surface area contributed by atoms with Crippen molar-refractivity contribution in [2.45, 2.75) is 46.7 Å². The number of anilines is 1. The molecule has 34 heavy (non-hydrogen) atoms. The number of aliphatic carboxylic acids is 1. The number of benzene rings is 2. The number of carbonyl (C=O) groups is 1. The second-order valence-electron chi connectivity index (χ2n) is 8.44. The zero-order valence-corrected chi connectivity index (χ0v) is 20.7. The number of halogens is 1. The van der Waals surface area contributed by atoms with Crippen molar-refractivity contribution in [3.8, 4) is 0 Å². The minimum absolute atomic E-state index is 0.446. The summed E-state index contributed by atoms with van der Waals surface area (Å²) >= 11 is 6.35. The SMILES string of the molecule is CCc1nc2c(C)cc(C)nc2n1Cc1ccc(N(CC)C(C(=O)O)c2ccccc2Cl)cc1. The number of carboxylic acid groups (broad SMARTS) is 1. The Bertz CT molecular complexity index is 1330. The molecule has 0 saturated carbocycles. The topological polar surface area (TPSA) is 71.2 Å². The summed E-state index contributed by atoms with van der Waals surface area (Å²) in [7, 11) is 0. The molecular weight excluding hydrogens is 448 g/mol. The maximum absolute atomic E-state index is 12.2. The third-order valence-electron chi connectivity index (χ3n) is 6.11. The molecule has 1 atom stereocenters. The van der Waals surface area contributed by atoms with Crippen molar-refractivity contribution < 1.29 is 9.90 Å². The van der Waals surface area contributed by atoms with Gasteiger partial charge >= 0.3 is 5.97 Å². The highest BCUT2D eigenvalue weighted by Gasteiger charge is 2.28. The van der Waals surface area contributed by atoms with E-state index in [1.807, 2.05) is 49.1 Å². The first-order chi connectivity index (χ1) is 16.3. The van der Waals surface area contributed by atoms with Crippen LogP contribution in [0.2, 0.25) is 5.02 Å². The van der Waals surface area contributed by atoms with Crippen LogP contribution < -0.4 is 4.90 Å². The molecule has 4 aromatic rings. The van der Waals surface area contributed by atoms with Gasteiger partial charge in [0.1, 0.15) is 11.3 Å². The zero-order valence-electron chi connectivity index (χ0n) is 19.9. The number of carboxylic acids is 1. The van der Waals surface area contributed by atoms with Gasteiger partial charge in [0.15, 0.2) is 11.7 Å². The van der Waals surface area contributed by atoms with Crippen LogP contribution in [-0.2, 0) is 17.8 Å². The molecule has 2 aromatic carbocycles. The van der Waals surface area contributed by atoms with Gasteiger partial charge in [-0.05, 0) is 56.2 Å². The van der Waals surface area contributed by atoms with E-state index in [1.54, 1.807) is 18.2 Å². The Hall–Kier alpha value is -3.38. The molecule has 0 bridgehead atoms. The predicted octanol–water partition coefficient (Wildman–Crippen LogP) is 5.96. The van der Waals surface area contributed by atoms with Crippen molar-refractivity contribution in [1.29, 1.82) is 0 Å². The number of rotatable bonds is 8. The largest absolute Gasteiger partial charge is 0.479 e. The van der Waals surface area contributed by atoms with Crippen molar-refractivity contribution in [2.75, 3.05) is 11.4 Å². The Balaban J connectivity index is 1.67. The van der Waals surface area contributed by atoms with Gasteiger partial charge in [-0.25, -0.2) is 14.8 Å². The summed E-state index contributed by atoms with van der Waals surface area (Å²) < 4.78 is 2.17. The Morgan fingerprint density at radius 3 is 2.41 bits per heavy atom. The van der Waals surface area contributed by atoms with Gasteiger partial charge in [0.2, 0.25) is 0 Å². The number of hydrogen-bond acceptors (Lipinski definition) is 4. The fraction of sp³-hybridized carbons (Fsp3) is 0.296. The van der Waals surface area contributed by atoms with Crippen LogP contribution in [0, 0.1) is 13.8 Å². The summed E-state index contributed by atoms with van der Waals surface area (Å²) in [6, 6.07) is 16.3. The van der Waals surface area contributed by atoms with E-state index in [0.29, 0.717) is 23.7 Å². The van der Waals surface area contributed by atoms with Crippen LogP contribution in [0.1, 0.15) is 48.1 Å². The second-order valence-corrected chi connectivity index (χ2v) is 8.84. The fourth-order valence-electron chi connectivity index (χ4n) is 4.51. The van der Waals surface area contributed by atoms with Gasteiger partial charge in [-0.15, -0.1) is 0 Å². The normalized spacial score (nSPS) is 12.1. The molecule has 0 aliphatic heterocycles. The summed E-state index contributed by atoms with van der Waals surface area (Å²) in [4.78, 5) is 23.7. The number of aryl methyl sites for hydroxylation is 3. The van der Waals surface area contributed by atoms with Crippen LogP contribution in [0.4, 0.5) is 5.69 Å². The molecule has 0 saturated heterocycles. The van der Waals surface area contributed by atoms with Crippen LogP contribution in [-0.4, -0.2) is 32.2 Å². The van der Waals surface area contributed by atoms with Crippen LogP contribution in [0.25, 0.3) is 11.2 Å². The third kappa shape index (κ3) is 4.50. The first-order valence-electron chi connectivity index (χ1n) is 11.5. The average Bonchev–Trinajstić information content (AvgIpc) is 3.16. The number of likely N-dealkylation sites (N-methyl/N-ethyl adjacent to an activating group) is 1. The lowest BCUT2D eigenvalue weighted by Gasteiger charge is -2.31. The Kier molecular flexibility index (Phi) is 6.89. The zero-order chi connectivity index (χ0) is 24.4. The van der Waals surface area contributed by atoms with Gasteiger partial charge < -0.3 is 14.6 Å². The van der Waals surface area contributed by atoms with Crippen LogP contribution in [0.5, 0.6) is 0 Å². The van der Waals surface area contributed by atoms with Gasteiger partial charge in [0.25, 0.3) is 0 Å². The number of imidazole rings is 1. The molecule has 0 aliphatic rings. The van der Waals surface area contributed by atoms with Crippen LogP contribution in [0.3, 0.4) is 0 Å². The molecule has 0 amide bonds. The van der Waals surface area contributed by atoms with Gasteiger partial charge in [-0.3, -0.25) is 0 Å². The Morgan fingerprint density at radius 2 is 1.79 bits per heavy atom. The molecule has 2 aromatic heterocycles. The molecule has 1 N–H and O–H groups in total. The molecule has 0 radical (unpaired) electrons. The van der Waals surface area contributed by atoms with Crippen molar-refractivity contribution in [1.82, 2.24) is 14.5 Å². The number of hydrogen-bond donors (Lipinski definition) is 1. The van der Waals surface area contributed by atoms with Crippen LogP contribution in [0.15, 0.2) is 54.6 Å². The van der Waals surface area contributed by atoms with Gasteiger partial charge in [-0.2, -0.15) is 0 Å². The summed E-state index contributed by atoms with van der Waals surface area (Å²) in [6.07, 6.45) is 0.814. The summed E-state index contributed by atoms with van der Waals surface area (Å²) in [5.74, 6) is 0.0634. The maximum atomic E-state index is 12.2. The average molecular weight is 477 g/mol. The smallest absolute Gasteiger partial charge is 0.331 e. The quantitative estimate of drug-likeness (QED) is 0.339. The Labute approximate surface area is 204 Å². The lowest BCUT2D eigenvalue weighted by Crippen LogP contribution is -2.34. The number of aromatic nitrogens is 3. The maximum Gasteiger partial charge on any atom is 0.331 e.